The van der Waals surface area contributed by atoms with Gasteiger partial charge in [-0.25, -0.2) is 12.2 Å². The first-order valence-electron chi connectivity index (χ1n) is 21.2. The van der Waals surface area contributed by atoms with Crippen LogP contribution in [0.1, 0.15) is 163 Å². The Kier molecular flexibility index (Phi) is 12.6. The Labute approximate surface area is 356 Å². The molecule has 5 fully saturated rings. The monoisotopic (exact) mass is 836 g/mol. The van der Waals surface area contributed by atoms with Crippen LogP contribution in [-0.4, -0.2) is 3.21 Å². The van der Waals surface area contributed by atoms with Crippen LogP contribution >= 0.6 is 0 Å². The Morgan fingerprint density at radius 1 is 0.778 bits per heavy atom. The molecule has 3 aromatic rings. The topological polar surface area (TPSA) is 0 Å². The van der Waals surface area contributed by atoms with E-state index in [0.717, 1.165) is 17.8 Å². The standard InChI is InChI=1S/C29H33.C16H21.C6H10.2ClH.Zr/c1-14-13-24-25(18(5)15(14)2)21(8)28-27-20(7)17(4)16(3)19(6)26(27)22-11-9-10-12-23(22)29(24)28;1-15(4-2-3-5-15)16-9-12-6-13(10-16)8-14(7-12)11-16;1-2-4-6-5-3-1;;;/h9-13,16-17,19,21H,1-8H3;2,4-5,12-14H,6-11H2,1H3;1-5H2;2*1H;/q2*-1;;;;+2/p-2. The van der Waals surface area contributed by atoms with Gasteiger partial charge in [0.05, 0.1) is 0 Å². The fourth-order valence-electron chi connectivity index (χ4n) is 13.0. The van der Waals surface area contributed by atoms with Gasteiger partial charge in [0.25, 0.3) is 0 Å². The number of fused-ring (bicyclic) bond motifs is 8. The number of aryl methyl sites for hydroxylation is 1. The van der Waals surface area contributed by atoms with Gasteiger partial charge in [-0.15, -0.1) is 11.1 Å². The number of halogens is 2. The van der Waals surface area contributed by atoms with Gasteiger partial charge in [-0.2, -0.15) is 17.6 Å². The van der Waals surface area contributed by atoms with Crippen LogP contribution in [0.4, 0.5) is 0 Å². The number of allylic oxidation sites excluding steroid dienone is 4. The van der Waals surface area contributed by atoms with Gasteiger partial charge in [-0.05, 0) is 122 Å². The van der Waals surface area contributed by atoms with Gasteiger partial charge in [0.2, 0.25) is 0 Å². The zero-order valence-corrected chi connectivity index (χ0v) is 38.7. The van der Waals surface area contributed by atoms with E-state index >= 15 is 0 Å². The first kappa shape index (κ1) is 42.2. The zero-order valence-electron chi connectivity index (χ0n) is 34.7. The summed E-state index contributed by atoms with van der Waals surface area (Å²) in [6.07, 6.45) is 26.7. The summed E-state index contributed by atoms with van der Waals surface area (Å²) in [4.78, 5) is 0. The van der Waals surface area contributed by atoms with Crippen LogP contribution in [0, 0.1) is 73.2 Å². The van der Waals surface area contributed by atoms with E-state index in [1.165, 1.54) is 90.0 Å². The molecule has 54 heavy (non-hydrogen) atoms. The summed E-state index contributed by atoms with van der Waals surface area (Å²) >= 11 is 1.69. The van der Waals surface area contributed by atoms with Gasteiger partial charge in [-0.3, -0.25) is 6.08 Å². The Balaban J connectivity index is 0.000000166. The Hall–Kier alpha value is -1.40. The fraction of sp³-hybridized carbons (Fsp3) is 0.569. The molecule has 3 heteroatoms. The van der Waals surface area contributed by atoms with Gasteiger partial charge in [0, 0.05) is 0 Å². The normalized spacial score (nSPS) is 33.5. The van der Waals surface area contributed by atoms with Crippen LogP contribution in [0.3, 0.4) is 0 Å². The van der Waals surface area contributed by atoms with Gasteiger partial charge >= 0.3 is 59.5 Å². The van der Waals surface area contributed by atoms with Crippen molar-refractivity contribution in [1.82, 2.24) is 0 Å². The van der Waals surface area contributed by atoms with Crippen molar-refractivity contribution in [3.05, 3.63) is 99.5 Å². The average molecular weight is 839 g/mol. The van der Waals surface area contributed by atoms with Crippen LogP contribution in [0.25, 0.3) is 21.9 Å². The van der Waals surface area contributed by atoms with E-state index in [9.17, 15) is 0 Å². The van der Waals surface area contributed by atoms with E-state index in [-0.39, 0.29) is 24.8 Å². The molecule has 8 aliphatic carbocycles. The third-order valence-corrected chi connectivity index (χ3v) is 17.5. The molecule has 4 bridgehead atoms. The molecule has 5 saturated carbocycles. The van der Waals surface area contributed by atoms with E-state index in [4.69, 9.17) is 0 Å². The van der Waals surface area contributed by atoms with Crippen molar-refractivity contribution in [3.63, 3.8) is 0 Å². The van der Waals surface area contributed by atoms with Crippen molar-refractivity contribution >= 4 is 14.0 Å². The van der Waals surface area contributed by atoms with E-state index in [2.05, 4.69) is 117 Å². The van der Waals surface area contributed by atoms with Crippen LogP contribution in [-0.2, 0) is 24.2 Å². The summed E-state index contributed by atoms with van der Waals surface area (Å²) in [5.41, 5.74) is 14.7. The average Bonchev–Trinajstić information content (AvgIpc) is 3.70. The molecule has 0 heterocycles. The molecule has 0 amide bonds. The Morgan fingerprint density at radius 3 is 1.91 bits per heavy atom. The van der Waals surface area contributed by atoms with Gasteiger partial charge < -0.3 is 24.8 Å². The first-order valence-corrected chi connectivity index (χ1v) is 22.4. The van der Waals surface area contributed by atoms with Crippen LogP contribution in [0.15, 0.2) is 48.6 Å². The number of benzene rings is 3. The molecular weight excluding hydrogens is 775 g/mol. The van der Waals surface area contributed by atoms with Gasteiger partial charge in [-0.1, -0.05) is 106 Å². The van der Waals surface area contributed by atoms with Crippen molar-refractivity contribution in [2.75, 3.05) is 0 Å². The SMILES string of the molecule is CC1(C23CC4CC(CC(C4)C2)C3)C=[C-]C=C1.Cc1cc2c(c(C)c1C)C(C)c1c3c(c4ccccc4c1-2)C(C)C(C)C(C)[C-]3C.[Cl-].[Cl-].[Zr+2]=[C]1CCCCC1. The van der Waals surface area contributed by atoms with Gasteiger partial charge in [0.1, 0.15) is 0 Å². The molecule has 5 unspecified atom stereocenters. The fourth-order valence-corrected chi connectivity index (χ4v) is 13.9. The second-order valence-corrected chi connectivity index (χ2v) is 20.9. The molecule has 0 nitrogen and oxygen atoms in total. The van der Waals surface area contributed by atoms with Crippen LogP contribution in [0.2, 0.25) is 0 Å². The number of rotatable bonds is 1. The third kappa shape index (κ3) is 6.87. The quantitative estimate of drug-likeness (QED) is 0.218. The zero-order chi connectivity index (χ0) is 36.7. The number of hydrogen-bond acceptors (Lipinski definition) is 0. The van der Waals surface area contributed by atoms with E-state index < -0.39 is 0 Å². The van der Waals surface area contributed by atoms with E-state index in [1.54, 1.807) is 74.9 Å². The molecular formula is C51H64Cl2Zr-2. The summed E-state index contributed by atoms with van der Waals surface area (Å²) in [5.74, 6) is 7.12. The Bertz CT molecular complexity index is 1910. The van der Waals surface area contributed by atoms with Crippen molar-refractivity contribution in [3.8, 4) is 11.1 Å². The van der Waals surface area contributed by atoms with Crippen molar-refractivity contribution in [2.24, 2.45) is 40.4 Å². The molecule has 8 aliphatic rings. The second kappa shape index (κ2) is 16.1. The molecule has 0 N–H and O–H groups in total. The van der Waals surface area contributed by atoms with Crippen LogP contribution in [0.5, 0.6) is 0 Å². The van der Waals surface area contributed by atoms with E-state index in [0.29, 0.717) is 34.5 Å². The van der Waals surface area contributed by atoms with Crippen LogP contribution < -0.4 is 24.8 Å². The van der Waals surface area contributed by atoms with Crippen molar-refractivity contribution in [2.45, 2.75) is 145 Å². The van der Waals surface area contributed by atoms with Gasteiger partial charge in [0.15, 0.2) is 0 Å². The molecule has 11 rings (SSSR count). The molecule has 0 aromatic heterocycles. The third-order valence-electron chi connectivity index (χ3n) is 16.3. The van der Waals surface area contributed by atoms with E-state index in [1.807, 2.05) is 0 Å². The number of hydrogen-bond donors (Lipinski definition) is 0. The molecule has 5 atom stereocenters. The minimum absolute atomic E-state index is 0. The minimum atomic E-state index is 0. The molecule has 3 aromatic carbocycles. The molecule has 0 radical (unpaired) electrons. The first-order chi connectivity index (χ1) is 24.8. The van der Waals surface area contributed by atoms with Crippen molar-refractivity contribution < 1.29 is 49.0 Å². The summed E-state index contributed by atoms with van der Waals surface area (Å²) in [6, 6.07) is 11.7. The summed E-state index contributed by atoms with van der Waals surface area (Å²) in [5, 5.41) is 2.93. The van der Waals surface area contributed by atoms with Crippen molar-refractivity contribution in [1.29, 1.82) is 0 Å². The maximum atomic E-state index is 3.33. The predicted molar refractivity (Wildman–Crippen MR) is 220 cm³/mol. The molecule has 0 spiro atoms. The summed E-state index contributed by atoms with van der Waals surface area (Å²) in [7, 11) is 0. The molecule has 0 aliphatic heterocycles. The summed E-state index contributed by atoms with van der Waals surface area (Å²) < 4.78 is 1.80. The maximum absolute atomic E-state index is 3.33. The Morgan fingerprint density at radius 2 is 1.37 bits per heavy atom. The summed E-state index contributed by atoms with van der Waals surface area (Å²) in [6.45, 7) is 21.5. The molecule has 288 valence electrons. The molecule has 0 saturated heterocycles. The predicted octanol–water partition coefficient (Wildman–Crippen LogP) is 8.05. The second-order valence-electron chi connectivity index (χ2n) is 19.2.